The summed E-state index contributed by atoms with van der Waals surface area (Å²) in [6.07, 6.45) is 0. The Hall–Kier alpha value is -2.65. The van der Waals surface area contributed by atoms with Crippen molar-refractivity contribution < 1.29 is 9.84 Å². The molecule has 0 amide bonds. The summed E-state index contributed by atoms with van der Waals surface area (Å²) in [5, 5.41) is 11.6. The lowest BCUT2D eigenvalue weighted by molar-refractivity contribution is 0.408. The molecule has 0 radical (unpaired) electrons. The second-order valence-corrected chi connectivity index (χ2v) is 7.08. The third-order valence-electron chi connectivity index (χ3n) is 5.09. The summed E-state index contributed by atoms with van der Waals surface area (Å²) in [4.78, 5) is 2.21. The Balaban J connectivity index is 2.18. The summed E-state index contributed by atoms with van der Waals surface area (Å²) in [5.41, 5.74) is 3.82. The summed E-state index contributed by atoms with van der Waals surface area (Å²) in [5.74, 6) is 0.811. The first kappa shape index (κ1) is 20.1. The highest BCUT2D eigenvalue weighted by Crippen LogP contribution is 2.42. The molecule has 0 saturated heterocycles. The fraction of sp³-hybridized carbons (Fsp3) is 0.250. The molecule has 0 aliphatic heterocycles. The van der Waals surface area contributed by atoms with Crippen LogP contribution in [0.2, 0.25) is 5.02 Å². The van der Waals surface area contributed by atoms with Gasteiger partial charge in [0.25, 0.3) is 0 Å². The first-order chi connectivity index (χ1) is 13.6. The standard InChI is InChI=1S/C24H26ClNO2/c1-4-26(5-2)19-12-13-20(22(27)16-19)24(17-9-7-6-8-10-17)21-15-18(25)11-14-23(21)28-3/h6-16,24,27H,4-5H2,1-3H3. The SMILES string of the molecule is CCN(CC)c1ccc(C(c2ccccc2)c2cc(Cl)ccc2OC)c(O)c1. The first-order valence-corrected chi connectivity index (χ1v) is 9.93. The number of aromatic hydroxyl groups is 1. The van der Waals surface area contributed by atoms with Crippen molar-refractivity contribution in [3.8, 4) is 11.5 Å². The lowest BCUT2D eigenvalue weighted by Gasteiger charge is -2.25. The van der Waals surface area contributed by atoms with Crippen LogP contribution in [0.15, 0.2) is 66.7 Å². The Morgan fingerprint density at radius 1 is 0.929 bits per heavy atom. The van der Waals surface area contributed by atoms with Crippen molar-refractivity contribution in [1.29, 1.82) is 0 Å². The molecule has 3 rings (SSSR count). The van der Waals surface area contributed by atoms with E-state index in [1.807, 2.05) is 48.5 Å². The van der Waals surface area contributed by atoms with Crippen LogP contribution < -0.4 is 9.64 Å². The topological polar surface area (TPSA) is 32.7 Å². The Labute approximate surface area is 172 Å². The van der Waals surface area contributed by atoms with E-state index in [0.29, 0.717) is 5.02 Å². The molecule has 4 heteroatoms. The monoisotopic (exact) mass is 395 g/mol. The summed E-state index contributed by atoms with van der Waals surface area (Å²) in [6, 6.07) is 21.6. The zero-order valence-corrected chi connectivity index (χ0v) is 17.3. The van der Waals surface area contributed by atoms with Crippen molar-refractivity contribution in [2.45, 2.75) is 19.8 Å². The average molecular weight is 396 g/mol. The van der Waals surface area contributed by atoms with Gasteiger partial charge < -0.3 is 14.7 Å². The smallest absolute Gasteiger partial charge is 0.123 e. The highest BCUT2D eigenvalue weighted by molar-refractivity contribution is 6.30. The molecule has 146 valence electrons. The van der Waals surface area contributed by atoms with Gasteiger partial charge in [-0.05, 0) is 43.7 Å². The Kier molecular flexibility index (Phi) is 6.48. The van der Waals surface area contributed by atoms with Crippen LogP contribution in [0.25, 0.3) is 0 Å². The van der Waals surface area contributed by atoms with Gasteiger partial charge in [-0.15, -0.1) is 0 Å². The normalized spacial score (nSPS) is 11.9. The summed E-state index contributed by atoms with van der Waals surface area (Å²) < 4.78 is 5.61. The number of hydrogen-bond acceptors (Lipinski definition) is 3. The highest BCUT2D eigenvalue weighted by Gasteiger charge is 2.24. The molecule has 1 N–H and O–H groups in total. The van der Waals surface area contributed by atoms with Crippen LogP contribution >= 0.6 is 11.6 Å². The molecule has 0 fully saturated rings. The lowest BCUT2D eigenvalue weighted by atomic mass is 9.84. The fourth-order valence-electron chi connectivity index (χ4n) is 3.66. The van der Waals surface area contributed by atoms with Crippen LogP contribution in [0.4, 0.5) is 5.69 Å². The summed E-state index contributed by atoms with van der Waals surface area (Å²) >= 11 is 6.31. The maximum atomic E-state index is 11.0. The Morgan fingerprint density at radius 2 is 1.64 bits per heavy atom. The number of methoxy groups -OCH3 is 1. The number of nitrogens with zero attached hydrogens (tertiary/aromatic N) is 1. The minimum absolute atomic E-state index is 0.194. The average Bonchev–Trinajstić information content (AvgIpc) is 2.72. The van der Waals surface area contributed by atoms with Crippen molar-refractivity contribution >= 4 is 17.3 Å². The number of rotatable bonds is 7. The van der Waals surface area contributed by atoms with Crippen LogP contribution in [0, 0.1) is 0 Å². The third-order valence-corrected chi connectivity index (χ3v) is 5.32. The summed E-state index contributed by atoms with van der Waals surface area (Å²) in [6.45, 7) is 6.00. The number of phenols is 1. The van der Waals surface area contributed by atoms with E-state index < -0.39 is 0 Å². The highest BCUT2D eigenvalue weighted by atomic mass is 35.5. The minimum atomic E-state index is -0.194. The van der Waals surface area contributed by atoms with E-state index >= 15 is 0 Å². The Morgan fingerprint density at radius 3 is 2.25 bits per heavy atom. The fourth-order valence-corrected chi connectivity index (χ4v) is 3.85. The molecule has 3 aromatic carbocycles. The molecule has 0 aromatic heterocycles. The van der Waals surface area contributed by atoms with Gasteiger partial charge in [0.15, 0.2) is 0 Å². The molecule has 0 spiro atoms. The van der Waals surface area contributed by atoms with Gasteiger partial charge in [-0.2, -0.15) is 0 Å². The van der Waals surface area contributed by atoms with Crippen LogP contribution in [0.3, 0.4) is 0 Å². The zero-order chi connectivity index (χ0) is 20.1. The molecule has 1 unspecified atom stereocenters. The molecular weight excluding hydrogens is 370 g/mol. The molecule has 0 bridgehead atoms. The van der Waals surface area contributed by atoms with Gasteiger partial charge in [0.05, 0.1) is 7.11 Å². The van der Waals surface area contributed by atoms with E-state index in [1.165, 1.54) is 0 Å². The number of halogens is 1. The second kappa shape index (κ2) is 9.03. The van der Waals surface area contributed by atoms with Gasteiger partial charge >= 0.3 is 0 Å². The molecule has 3 nitrogen and oxygen atoms in total. The second-order valence-electron chi connectivity index (χ2n) is 6.65. The number of ether oxygens (including phenoxy) is 1. The zero-order valence-electron chi connectivity index (χ0n) is 16.5. The predicted molar refractivity (Wildman–Crippen MR) is 117 cm³/mol. The summed E-state index contributed by atoms with van der Waals surface area (Å²) in [7, 11) is 1.65. The van der Waals surface area contributed by atoms with Gasteiger partial charge in [-0.3, -0.25) is 0 Å². The molecule has 28 heavy (non-hydrogen) atoms. The lowest BCUT2D eigenvalue weighted by Crippen LogP contribution is -2.21. The molecule has 0 aliphatic rings. The predicted octanol–water partition coefficient (Wildman–Crippen LogP) is 6.08. The number of phenolic OH excluding ortho intramolecular Hbond substituents is 1. The van der Waals surface area contributed by atoms with Crippen LogP contribution in [0.1, 0.15) is 36.5 Å². The van der Waals surface area contributed by atoms with E-state index in [2.05, 4.69) is 36.9 Å². The molecule has 1 atom stereocenters. The van der Waals surface area contributed by atoms with Crippen LogP contribution in [-0.2, 0) is 0 Å². The number of benzene rings is 3. The van der Waals surface area contributed by atoms with Gasteiger partial charge in [0.1, 0.15) is 11.5 Å². The molecule has 3 aromatic rings. The van der Waals surface area contributed by atoms with Gasteiger partial charge in [-0.25, -0.2) is 0 Å². The molecule has 0 aliphatic carbocycles. The maximum absolute atomic E-state index is 11.0. The van der Waals surface area contributed by atoms with Crippen LogP contribution in [-0.4, -0.2) is 25.3 Å². The minimum Gasteiger partial charge on any atom is -0.508 e. The van der Waals surface area contributed by atoms with E-state index in [-0.39, 0.29) is 11.7 Å². The molecule has 0 heterocycles. The number of hydrogen-bond donors (Lipinski definition) is 1. The van der Waals surface area contributed by atoms with Gasteiger partial charge in [0.2, 0.25) is 0 Å². The molecule has 0 saturated carbocycles. The van der Waals surface area contributed by atoms with Crippen molar-refractivity contribution in [2.75, 3.05) is 25.1 Å². The first-order valence-electron chi connectivity index (χ1n) is 9.55. The molecular formula is C24H26ClNO2. The van der Waals surface area contributed by atoms with E-state index in [0.717, 1.165) is 41.2 Å². The van der Waals surface area contributed by atoms with Crippen molar-refractivity contribution in [3.05, 3.63) is 88.4 Å². The van der Waals surface area contributed by atoms with Gasteiger partial charge in [0, 0.05) is 46.9 Å². The van der Waals surface area contributed by atoms with Crippen molar-refractivity contribution in [1.82, 2.24) is 0 Å². The van der Waals surface area contributed by atoms with Crippen LogP contribution in [0.5, 0.6) is 11.5 Å². The maximum Gasteiger partial charge on any atom is 0.123 e. The van der Waals surface area contributed by atoms with E-state index in [4.69, 9.17) is 16.3 Å². The largest absolute Gasteiger partial charge is 0.508 e. The van der Waals surface area contributed by atoms with Crippen molar-refractivity contribution in [2.24, 2.45) is 0 Å². The Bertz CT molecular complexity index is 923. The van der Waals surface area contributed by atoms with E-state index in [1.54, 1.807) is 7.11 Å². The number of anilines is 1. The third kappa shape index (κ3) is 4.10. The van der Waals surface area contributed by atoms with Crippen molar-refractivity contribution in [3.63, 3.8) is 0 Å². The quantitative estimate of drug-likeness (QED) is 0.492. The van der Waals surface area contributed by atoms with Gasteiger partial charge in [-0.1, -0.05) is 48.0 Å². The van der Waals surface area contributed by atoms with E-state index in [9.17, 15) is 5.11 Å².